The van der Waals surface area contributed by atoms with Crippen molar-refractivity contribution in [1.82, 2.24) is 10.3 Å². The Balaban J connectivity index is 1.38. The van der Waals surface area contributed by atoms with E-state index in [0.29, 0.717) is 10.5 Å². The van der Waals surface area contributed by atoms with Crippen LogP contribution in [0.3, 0.4) is 0 Å². The SMILES string of the molecule is Nc1nc(CCNCC2(C3CC3)CC2)cs1. The van der Waals surface area contributed by atoms with Crippen molar-refractivity contribution in [2.24, 2.45) is 11.3 Å². The van der Waals surface area contributed by atoms with Crippen LogP contribution in [0.15, 0.2) is 5.38 Å². The number of thiazole rings is 1. The zero-order valence-corrected chi connectivity index (χ0v) is 10.4. The second kappa shape index (κ2) is 4.00. The highest BCUT2D eigenvalue weighted by molar-refractivity contribution is 7.13. The fraction of sp³-hybridized carbons (Fsp3) is 0.750. The van der Waals surface area contributed by atoms with Crippen LogP contribution in [0, 0.1) is 11.3 Å². The first kappa shape index (κ1) is 10.5. The topological polar surface area (TPSA) is 50.9 Å². The van der Waals surface area contributed by atoms with Crippen molar-refractivity contribution in [3.05, 3.63) is 11.1 Å². The van der Waals surface area contributed by atoms with Crippen LogP contribution in [0.5, 0.6) is 0 Å². The van der Waals surface area contributed by atoms with Gasteiger partial charge in [0.1, 0.15) is 0 Å². The van der Waals surface area contributed by atoms with Gasteiger partial charge in [-0.2, -0.15) is 0 Å². The highest BCUT2D eigenvalue weighted by Crippen LogP contribution is 2.60. The predicted octanol–water partition coefficient (Wildman–Crippen LogP) is 2.05. The maximum Gasteiger partial charge on any atom is 0.180 e. The molecule has 3 N–H and O–H groups in total. The van der Waals surface area contributed by atoms with Gasteiger partial charge in [-0.15, -0.1) is 11.3 Å². The molecule has 0 aliphatic heterocycles. The standard InChI is InChI=1S/C12H19N3S/c13-11-15-10(7-16-11)3-6-14-8-12(4-5-12)9-1-2-9/h7,9,14H,1-6,8H2,(H2,13,15). The summed E-state index contributed by atoms with van der Waals surface area (Å²) in [6, 6.07) is 0. The molecule has 4 heteroatoms. The van der Waals surface area contributed by atoms with Crippen molar-refractivity contribution in [1.29, 1.82) is 0 Å². The van der Waals surface area contributed by atoms with Gasteiger partial charge in [-0.05, 0) is 37.0 Å². The second-order valence-electron chi connectivity index (χ2n) is 5.24. The molecule has 3 nitrogen and oxygen atoms in total. The van der Waals surface area contributed by atoms with E-state index in [4.69, 9.17) is 5.73 Å². The number of hydrogen-bond donors (Lipinski definition) is 2. The maximum absolute atomic E-state index is 5.60. The number of hydrogen-bond acceptors (Lipinski definition) is 4. The van der Waals surface area contributed by atoms with E-state index in [1.807, 2.05) is 0 Å². The molecule has 2 saturated carbocycles. The molecule has 0 atom stereocenters. The summed E-state index contributed by atoms with van der Waals surface area (Å²) in [7, 11) is 0. The number of aromatic nitrogens is 1. The molecule has 3 rings (SSSR count). The molecule has 0 saturated heterocycles. The molecule has 0 aromatic carbocycles. The van der Waals surface area contributed by atoms with Crippen LogP contribution in [0.25, 0.3) is 0 Å². The summed E-state index contributed by atoms with van der Waals surface area (Å²) >= 11 is 1.53. The monoisotopic (exact) mass is 237 g/mol. The Morgan fingerprint density at radius 1 is 1.50 bits per heavy atom. The van der Waals surface area contributed by atoms with Crippen molar-refractivity contribution in [3.8, 4) is 0 Å². The van der Waals surface area contributed by atoms with Gasteiger partial charge in [0.15, 0.2) is 5.13 Å². The number of anilines is 1. The Bertz CT molecular complexity index is 366. The Labute approximate surface area is 100 Å². The number of nitrogens with zero attached hydrogens (tertiary/aromatic N) is 1. The summed E-state index contributed by atoms with van der Waals surface area (Å²) in [6.07, 6.45) is 6.87. The van der Waals surface area contributed by atoms with Gasteiger partial charge < -0.3 is 11.1 Å². The minimum Gasteiger partial charge on any atom is -0.375 e. The molecule has 2 aliphatic rings. The minimum atomic E-state index is 0.687. The largest absolute Gasteiger partial charge is 0.375 e. The first-order valence-electron chi connectivity index (χ1n) is 6.19. The van der Waals surface area contributed by atoms with Gasteiger partial charge in [-0.1, -0.05) is 0 Å². The van der Waals surface area contributed by atoms with Gasteiger partial charge >= 0.3 is 0 Å². The van der Waals surface area contributed by atoms with Crippen LogP contribution in [-0.2, 0) is 6.42 Å². The minimum absolute atomic E-state index is 0.687. The van der Waals surface area contributed by atoms with Crippen LogP contribution in [0.2, 0.25) is 0 Å². The van der Waals surface area contributed by atoms with Gasteiger partial charge in [-0.3, -0.25) is 0 Å². The van der Waals surface area contributed by atoms with Crippen molar-refractivity contribution in [3.63, 3.8) is 0 Å². The van der Waals surface area contributed by atoms with Gasteiger partial charge in [0.05, 0.1) is 5.69 Å². The van der Waals surface area contributed by atoms with Crippen LogP contribution >= 0.6 is 11.3 Å². The Morgan fingerprint density at radius 2 is 2.31 bits per heavy atom. The normalized spacial score (nSPS) is 22.2. The number of nitrogens with two attached hydrogens (primary N) is 1. The fourth-order valence-corrected chi connectivity index (χ4v) is 3.17. The number of nitrogens with one attached hydrogen (secondary N) is 1. The van der Waals surface area contributed by atoms with E-state index in [9.17, 15) is 0 Å². The van der Waals surface area contributed by atoms with E-state index in [1.165, 1.54) is 43.6 Å². The van der Waals surface area contributed by atoms with Crippen molar-refractivity contribution < 1.29 is 0 Å². The zero-order chi connectivity index (χ0) is 11.0. The van der Waals surface area contributed by atoms with Crippen LogP contribution in [-0.4, -0.2) is 18.1 Å². The molecule has 0 unspecified atom stereocenters. The highest BCUT2D eigenvalue weighted by atomic mass is 32.1. The Kier molecular flexibility index (Phi) is 2.64. The molecule has 2 fully saturated rings. The molecule has 0 radical (unpaired) electrons. The molecule has 2 aliphatic carbocycles. The molecule has 0 spiro atoms. The van der Waals surface area contributed by atoms with E-state index in [-0.39, 0.29) is 0 Å². The highest BCUT2D eigenvalue weighted by Gasteiger charge is 2.52. The summed E-state index contributed by atoms with van der Waals surface area (Å²) in [4.78, 5) is 4.26. The lowest BCUT2D eigenvalue weighted by atomic mass is 10.0. The molecule has 1 aromatic rings. The third-order valence-corrected chi connectivity index (χ3v) is 4.66. The lowest BCUT2D eigenvalue weighted by Gasteiger charge is -2.14. The third kappa shape index (κ3) is 2.23. The third-order valence-electron chi connectivity index (χ3n) is 3.94. The quantitative estimate of drug-likeness (QED) is 0.745. The second-order valence-corrected chi connectivity index (χ2v) is 6.13. The molecule has 0 bridgehead atoms. The lowest BCUT2D eigenvalue weighted by molar-refractivity contribution is 0.405. The molecular weight excluding hydrogens is 218 g/mol. The van der Waals surface area contributed by atoms with Crippen LogP contribution < -0.4 is 11.1 Å². The summed E-state index contributed by atoms with van der Waals surface area (Å²) in [6.45, 7) is 2.26. The van der Waals surface area contributed by atoms with E-state index >= 15 is 0 Å². The van der Waals surface area contributed by atoms with E-state index in [2.05, 4.69) is 15.7 Å². The summed E-state index contributed by atoms with van der Waals surface area (Å²) in [5.41, 5.74) is 7.44. The zero-order valence-electron chi connectivity index (χ0n) is 9.54. The van der Waals surface area contributed by atoms with Crippen LogP contribution in [0.1, 0.15) is 31.4 Å². The average molecular weight is 237 g/mol. The van der Waals surface area contributed by atoms with E-state index in [1.54, 1.807) is 0 Å². The van der Waals surface area contributed by atoms with Gasteiger partial charge in [0.2, 0.25) is 0 Å². The predicted molar refractivity (Wildman–Crippen MR) is 67.5 cm³/mol. The van der Waals surface area contributed by atoms with Crippen molar-refractivity contribution >= 4 is 16.5 Å². The smallest absolute Gasteiger partial charge is 0.180 e. The fourth-order valence-electron chi connectivity index (χ4n) is 2.58. The van der Waals surface area contributed by atoms with Crippen molar-refractivity contribution in [2.75, 3.05) is 18.8 Å². The molecular formula is C12H19N3S. The average Bonchev–Trinajstić information content (AvgIpc) is 3.13. The summed E-state index contributed by atoms with van der Waals surface area (Å²) < 4.78 is 0. The Morgan fingerprint density at radius 3 is 2.88 bits per heavy atom. The van der Waals surface area contributed by atoms with Gasteiger partial charge in [-0.25, -0.2) is 4.98 Å². The molecule has 0 amide bonds. The van der Waals surface area contributed by atoms with E-state index < -0.39 is 0 Å². The van der Waals surface area contributed by atoms with Gasteiger partial charge in [0.25, 0.3) is 0 Å². The maximum atomic E-state index is 5.60. The first-order valence-corrected chi connectivity index (χ1v) is 7.07. The molecule has 16 heavy (non-hydrogen) atoms. The van der Waals surface area contributed by atoms with Crippen molar-refractivity contribution in [2.45, 2.75) is 32.1 Å². The molecule has 1 heterocycles. The number of rotatable bonds is 6. The van der Waals surface area contributed by atoms with E-state index in [0.717, 1.165) is 24.6 Å². The first-order chi connectivity index (χ1) is 7.78. The lowest BCUT2D eigenvalue weighted by Crippen LogP contribution is -2.27. The molecule has 1 aromatic heterocycles. The van der Waals surface area contributed by atoms with Gasteiger partial charge in [0, 0.05) is 24.9 Å². The summed E-state index contributed by atoms with van der Waals surface area (Å²) in [5.74, 6) is 1.05. The van der Waals surface area contributed by atoms with Crippen LogP contribution in [0.4, 0.5) is 5.13 Å². The number of nitrogen functional groups attached to an aromatic ring is 1. The molecule has 88 valence electrons. The summed E-state index contributed by atoms with van der Waals surface area (Å²) in [5, 5.41) is 6.34. The Hall–Kier alpha value is -0.610.